The lowest BCUT2D eigenvalue weighted by Crippen LogP contribution is -2.44. The Morgan fingerprint density at radius 3 is 2.00 bits per heavy atom. The van der Waals surface area contributed by atoms with Crippen LogP contribution in [0.25, 0.3) is 32.7 Å². The fourth-order valence-corrected chi connectivity index (χ4v) is 5.65. The van der Waals surface area contributed by atoms with Gasteiger partial charge in [0.25, 0.3) is 8.32 Å². The van der Waals surface area contributed by atoms with E-state index in [1.165, 1.54) is 21.5 Å². The van der Waals surface area contributed by atoms with Crippen molar-refractivity contribution >= 4 is 35.8 Å². The van der Waals surface area contributed by atoms with Crippen LogP contribution in [0.1, 0.15) is 40.2 Å². The van der Waals surface area contributed by atoms with E-state index in [9.17, 15) is 0 Å². The fourth-order valence-electron chi connectivity index (χ4n) is 4.62. The molecule has 186 valence electrons. The Labute approximate surface area is 216 Å². The average Bonchev–Trinajstić information content (AvgIpc) is 3.33. The van der Waals surface area contributed by atoms with Gasteiger partial charge in [0.15, 0.2) is 0 Å². The highest BCUT2D eigenvalue weighted by molar-refractivity contribution is 6.74. The predicted molar refractivity (Wildman–Crippen MR) is 156 cm³/mol. The standard InChI is InChI=1S/C32H37NO2Si/c1-21(2)27-20-34-31(33-27)26-18-16-22-12-8-10-14-24(22)29(26)30-25-15-11-9-13-23(25)17-19-28(30)35-36(6,7)32(3,4)5/h8-19,21,27H,20H2,1-7H3/t27-/m0/s1. The second kappa shape index (κ2) is 9.08. The number of fused-ring (bicyclic) bond motifs is 2. The molecule has 3 nitrogen and oxygen atoms in total. The third-order valence-electron chi connectivity index (χ3n) is 7.91. The van der Waals surface area contributed by atoms with Crippen molar-refractivity contribution in [3.05, 3.63) is 78.4 Å². The normalized spacial score (nSPS) is 16.4. The van der Waals surface area contributed by atoms with E-state index in [2.05, 4.69) is 121 Å². The molecular weight excluding hydrogens is 458 g/mol. The Hall–Kier alpha value is -3.11. The monoisotopic (exact) mass is 495 g/mol. The van der Waals surface area contributed by atoms with Crippen molar-refractivity contribution in [1.29, 1.82) is 0 Å². The van der Waals surface area contributed by atoms with Gasteiger partial charge >= 0.3 is 0 Å². The third kappa shape index (κ3) is 4.32. The molecule has 0 bridgehead atoms. The molecule has 36 heavy (non-hydrogen) atoms. The highest BCUT2D eigenvalue weighted by Crippen LogP contribution is 2.46. The number of hydrogen-bond acceptors (Lipinski definition) is 3. The highest BCUT2D eigenvalue weighted by atomic mass is 28.4. The van der Waals surface area contributed by atoms with Crippen LogP contribution in [0.15, 0.2) is 77.8 Å². The molecule has 4 aromatic carbocycles. The summed E-state index contributed by atoms with van der Waals surface area (Å²) >= 11 is 0. The van der Waals surface area contributed by atoms with E-state index in [1.54, 1.807) is 0 Å². The quantitative estimate of drug-likeness (QED) is 0.259. The summed E-state index contributed by atoms with van der Waals surface area (Å²) < 4.78 is 13.3. The van der Waals surface area contributed by atoms with Crippen molar-refractivity contribution in [2.24, 2.45) is 10.9 Å². The first-order chi connectivity index (χ1) is 17.1. The van der Waals surface area contributed by atoms with E-state index >= 15 is 0 Å². The molecule has 4 aromatic rings. The minimum absolute atomic E-state index is 0.0840. The van der Waals surface area contributed by atoms with Gasteiger partial charge in [-0.15, -0.1) is 0 Å². The van der Waals surface area contributed by atoms with Crippen molar-refractivity contribution < 1.29 is 9.16 Å². The van der Waals surface area contributed by atoms with E-state index in [0.29, 0.717) is 12.5 Å². The first-order valence-electron chi connectivity index (χ1n) is 13.0. The van der Waals surface area contributed by atoms with Gasteiger partial charge in [0.05, 0.1) is 6.04 Å². The zero-order valence-electron chi connectivity index (χ0n) is 22.6. The summed E-state index contributed by atoms with van der Waals surface area (Å²) in [5.74, 6) is 2.11. The van der Waals surface area contributed by atoms with E-state index in [0.717, 1.165) is 28.3 Å². The molecule has 0 amide bonds. The van der Waals surface area contributed by atoms with Crippen LogP contribution in [0.3, 0.4) is 0 Å². The summed E-state index contributed by atoms with van der Waals surface area (Å²) in [4.78, 5) is 5.04. The van der Waals surface area contributed by atoms with Gasteiger partial charge in [0.2, 0.25) is 5.90 Å². The van der Waals surface area contributed by atoms with Crippen LogP contribution >= 0.6 is 0 Å². The van der Waals surface area contributed by atoms with E-state index in [1.807, 2.05) is 0 Å². The summed E-state index contributed by atoms with van der Waals surface area (Å²) in [5, 5.41) is 4.85. The highest BCUT2D eigenvalue weighted by Gasteiger charge is 2.40. The second-order valence-electron chi connectivity index (χ2n) is 11.8. The molecule has 0 N–H and O–H groups in total. The molecule has 0 radical (unpaired) electrons. The Morgan fingerprint density at radius 1 is 0.833 bits per heavy atom. The molecule has 0 aromatic heterocycles. The lowest BCUT2D eigenvalue weighted by molar-refractivity contribution is 0.292. The summed E-state index contributed by atoms with van der Waals surface area (Å²) in [6.07, 6.45) is 0. The fraction of sp³-hybridized carbons (Fsp3) is 0.344. The minimum Gasteiger partial charge on any atom is -0.543 e. The maximum atomic E-state index is 7.04. The number of nitrogens with zero attached hydrogens (tertiary/aromatic N) is 1. The smallest absolute Gasteiger partial charge is 0.250 e. The van der Waals surface area contributed by atoms with Crippen molar-refractivity contribution in [3.63, 3.8) is 0 Å². The molecule has 0 aliphatic carbocycles. The molecular formula is C32H37NO2Si. The van der Waals surface area contributed by atoms with Crippen LogP contribution in [0.4, 0.5) is 0 Å². The van der Waals surface area contributed by atoms with Gasteiger partial charge in [0.1, 0.15) is 12.4 Å². The number of hydrogen-bond donors (Lipinski definition) is 0. The van der Waals surface area contributed by atoms with Gasteiger partial charge in [-0.2, -0.15) is 0 Å². The average molecular weight is 496 g/mol. The summed E-state index contributed by atoms with van der Waals surface area (Å²) in [6.45, 7) is 16.5. The Bertz CT molecular complexity index is 1460. The number of rotatable bonds is 5. The van der Waals surface area contributed by atoms with Crippen molar-refractivity contribution in [3.8, 4) is 16.9 Å². The molecule has 0 fully saturated rings. The molecule has 1 aliphatic rings. The molecule has 0 unspecified atom stereocenters. The van der Waals surface area contributed by atoms with Crippen LogP contribution < -0.4 is 4.43 Å². The second-order valence-corrected chi connectivity index (χ2v) is 16.5. The van der Waals surface area contributed by atoms with Crippen LogP contribution in [-0.4, -0.2) is 26.9 Å². The SMILES string of the molecule is CC(C)[C@@H]1COC(c2ccc3ccccc3c2-c2c(O[Si](C)(C)C(C)(C)C)ccc3ccccc23)=N1. The number of aliphatic imine (C=N–C) groups is 1. The minimum atomic E-state index is -2.10. The van der Waals surface area contributed by atoms with Crippen molar-refractivity contribution in [2.45, 2.75) is 58.8 Å². The third-order valence-corrected chi connectivity index (χ3v) is 12.3. The lowest BCUT2D eigenvalue weighted by atomic mass is 9.89. The zero-order valence-corrected chi connectivity index (χ0v) is 23.6. The maximum Gasteiger partial charge on any atom is 0.250 e. The van der Waals surface area contributed by atoms with E-state index in [-0.39, 0.29) is 11.1 Å². The van der Waals surface area contributed by atoms with Crippen LogP contribution in [0.5, 0.6) is 5.75 Å². The molecule has 4 heteroatoms. The van der Waals surface area contributed by atoms with Gasteiger partial charge in [-0.3, -0.25) is 0 Å². The Morgan fingerprint density at radius 2 is 1.42 bits per heavy atom. The molecule has 1 atom stereocenters. The van der Waals surface area contributed by atoms with E-state index in [4.69, 9.17) is 14.2 Å². The van der Waals surface area contributed by atoms with Gasteiger partial charge in [-0.1, -0.05) is 95.3 Å². The van der Waals surface area contributed by atoms with Crippen LogP contribution in [0, 0.1) is 5.92 Å². The maximum absolute atomic E-state index is 7.04. The topological polar surface area (TPSA) is 30.8 Å². The number of benzene rings is 4. The van der Waals surface area contributed by atoms with Gasteiger partial charge < -0.3 is 9.16 Å². The molecule has 1 aliphatic heterocycles. The van der Waals surface area contributed by atoms with Gasteiger partial charge in [-0.05, 0) is 57.7 Å². The van der Waals surface area contributed by atoms with Crippen LogP contribution in [0.2, 0.25) is 18.1 Å². The molecule has 0 saturated carbocycles. The largest absolute Gasteiger partial charge is 0.543 e. The Balaban J connectivity index is 1.85. The predicted octanol–water partition coefficient (Wildman–Crippen LogP) is 8.85. The first kappa shape index (κ1) is 24.6. The molecule has 5 rings (SSSR count). The number of ether oxygens (including phenoxy) is 1. The molecule has 0 spiro atoms. The Kier molecular flexibility index (Phi) is 6.20. The molecule has 0 saturated heterocycles. The summed E-state index contributed by atoms with van der Waals surface area (Å²) in [6, 6.07) is 26.1. The molecule has 1 heterocycles. The van der Waals surface area contributed by atoms with Crippen molar-refractivity contribution in [2.75, 3.05) is 6.61 Å². The zero-order chi connectivity index (χ0) is 25.7. The summed E-state index contributed by atoms with van der Waals surface area (Å²) in [5.41, 5.74) is 3.30. The first-order valence-corrected chi connectivity index (χ1v) is 15.9. The van der Waals surface area contributed by atoms with E-state index < -0.39 is 8.32 Å². The van der Waals surface area contributed by atoms with Crippen LogP contribution in [-0.2, 0) is 4.74 Å². The lowest BCUT2D eigenvalue weighted by Gasteiger charge is -2.37. The summed E-state index contributed by atoms with van der Waals surface area (Å²) in [7, 11) is -2.10. The van der Waals surface area contributed by atoms with Gasteiger partial charge in [-0.25, -0.2) is 4.99 Å². The van der Waals surface area contributed by atoms with Crippen molar-refractivity contribution in [1.82, 2.24) is 0 Å². The van der Waals surface area contributed by atoms with Gasteiger partial charge in [0, 0.05) is 16.7 Å².